The van der Waals surface area contributed by atoms with E-state index in [0.29, 0.717) is 23.7 Å². The van der Waals surface area contributed by atoms with Crippen molar-refractivity contribution >= 4 is 5.97 Å². The number of nitrogens with zero attached hydrogens (tertiary/aromatic N) is 1. The summed E-state index contributed by atoms with van der Waals surface area (Å²) in [4.78, 5) is 16.0. The molecule has 0 spiro atoms. The van der Waals surface area contributed by atoms with Crippen molar-refractivity contribution in [2.24, 2.45) is 0 Å². The number of hydrogen-bond donors (Lipinski definition) is 0. The molecule has 0 aliphatic carbocycles. The Morgan fingerprint density at radius 3 is 2.74 bits per heavy atom. The summed E-state index contributed by atoms with van der Waals surface area (Å²) in [6, 6.07) is 10.5. The van der Waals surface area contributed by atoms with Crippen molar-refractivity contribution in [3.63, 3.8) is 0 Å². The van der Waals surface area contributed by atoms with Gasteiger partial charge in [-0.25, -0.2) is 4.79 Å². The molecule has 5 nitrogen and oxygen atoms in total. The SMILES string of the molecule is O=C(OCC1CCCCO1)c1ccc(Oc2cccnc2)cc1. The molecule has 120 valence electrons. The number of esters is 1. The lowest BCUT2D eigenvalue weighted by Crippen LogP contribution is -2.25. The highest BCUT2D eigenvalue weighted by molar-refractivity contribution is 5.89. The van der Waals surface area contributed by atoms with Crippen LogP contribution in [-0.4, -0.2) is 30.3 Å². The first-order valence-corrected chi connectivity index (χ1v) is 7.78. The van der Waals surface area contributed by atoms with Gasteiger partial charge in [0.05, 0.1) is 17.9 Å². The monoisotopic (exact) mass is 313 g/mol. The van der Waals surface area contributed by atoms with Crippen LogP contribution in [0.4, 0.5) is 0 Å². The molecular formula is C18H19NO4. The zero-order valence-corrected chi connectivity index (χ0v) is 12.8. The van der Waals surface area contributed by atoms with Gasteiger partial charge in [0.2, 0.25) is 0 Å². The van der Waals surface area contributed by atoms with Gasteiger partial charge in [-0.05, 0) is 55.7 Å². The first-order chi connectivity index (χ1) is 11.3. The van der Waals surface area contributed by atoms with Crippen LogP contribution < -0.4 is 4.74 Å². The highest BCUT2D eigenvalue weighted by Gasteiger charge is 2.16. The van der Waals surface area contributed by atoms with Gasteiger partial charge in [-0.2, -0.15) is 0 Å². The summed E-state index contributed by atoms with van der Waals surface area (Å²) in [5, 5.41) is 0. The van der Waals surface area contributed by atoms with E-state index in [-0.39, 0.29) is 12.1 Å². The number of carbonyl (C=O) groups is 1. The Balaban J connectivity index is 1.52. The normalized spacial score (nSPS) is 17.5. The van der Waals surface area contributed by atoms with Crippen LogP contribution in [-0.2, 0) is 9.47 Å². The minimum Gasteiger partial charge on any atom is -0.459 e. The van der Waals surface area contributed by atoms with E-state index >= 15 is 0 Å². The van der Waals surface area contributed by atoms with Gasteiger partial charge >= 0.3 is 5.97 Å². The van der Waals surface area contributed by atoms with E-state index in [1.165, 1.54) is 0 Å². The van der Waals surface area contributed by atoms with Gasteiger partial charge < -0.3 is 14.2 Å². The fraction of sp³-hybridized carbons (Fsp3) is 0.333. The Bertz CT molecular complexity index is 621. The van der Waals surface area contributed by atoms with Crippen LogP contribution in [0.15, 0.2) is 48.8 Å². The molecular weight excluding hydrogens is 294 g/mol. The second-order valence-corrected chi connectivity index (χ2v) is 5.40. The summed E-state index contributed by atoms with van der Waals surface area (Å²) in [5.41, 5.74) is 0.499. The molecule has 5 heteroatoms. The molecule has 1 aromatic heterocycles. The topological polar surface area (TPSA) is 57.7 Å². The summed E-state index contributed by atoms with van der Waals surface area (Å²) in [6.07, 6.45) is 6.51. The molecule has 0 bridgehead atoms. The van der Waals surface area contributed by atoms with E-state index in [4.69, 9.17) is 14.2 Å². The van der Waals surface area contributed by atoms with E-state index in [0.717, 1.165) is 25.9 Å². The summed E-state index contributed by atoms with van der Waals surface area (Å²) >= 11 is 0. The lowest BCUT2D eigenvalue weighted by atomic mass is 10.1. The third-order valence-electron chi connectivity index (χ3n) is 3.63. The lowest BCUT2D eigenvalue weighted by Gasteiger charge is -2.22. The predicted molar refractivity (Wildman–Crippen MR) is 84.6 cm³/mol. The quantitative estimate of drug-likeness (QED) is 0.789. The first-order valence-electron chi connectivity index (χ1n) is 7.78. The van der Waals surface area contributed by atoms with Gasteiger partial charge in [-0.3, -0.25) is 4.98 Å². The number of aromatic nitrogens is 1. The Labute approximate surface area is 135 Å². The molecule has 1 unspecified atom stereocenters. The smallest absolute Gasteiger partial charge is 0.338 e. The average Bonchev–Trinajstić information content (AvgIpc) is 2.62. The Morgan fingerprint density at radius 2 is 2.04 bits per heavy atom. The van der Waals surface area contributed by atoms with Crippen molar-refractivity contribution in [1.29, 1.82) is 0 Å². The molecule has 1 saturated heterocycles. The number of benzene rings is 1. The summed E-state index contributed by atoms with van der Waals surface area (Å²) in [6.45, 7) is 1.06. The van der Waals surface area contributed by atoms with Gasteiger partial charge in [-0.1, -0.05) is 0 Å². The molecule has 1 aliphatic rings. The van der Waals surface area contributed by atoms with Crippen LogP contribution in [0.25, 0.3) is 0 Å². The highest BCUT2D eigenvalue weighted by atomic mass is 16.6. The molecule has 3 rings (SSSR count). The zero-order valence-electron chi connectivity index (χ0n) is 12.8. The number of hydrogen-bond acceptors (Lipinski definition) is 5. The number of ether oxygens (including phenoxy) is 3. The Kier molecular flexibility index (Phi) is 5.21. The van der Waals surface area contributed by atoms with Gasteiger partial charge in [0, 0.05) is 12.8 Å². The van der Waals surface area contributed by atoms with E-state index < -0.39 is 0 Å². The molecule has 2 heterocycles. The van der Waals surface area contributed by atoms with Crippen molar-refractivity contribution in [2.45, 2.75) is 25.4 Å². The summed E-state index contributed by atoms with van der Waals surface area (Å²) in [7, 11) is 0. The zero-order chi connectivity index (χ0) is 15.9. The number of carbonyl (C=O) groups excluding carboxylic acids is 1. The van der Waals surface area contributed by atoms with Crippen LogP contribution in [0.5, 0.6) is 11.5 Å². The molecule has 1 aromatic carbocycles. The maximum atomic E-state index is 12.0. The lowest BCUT2D eigenvalue weighted by molar-refractivity contribution is -0.0300. The van der Waals surface area contributed by atoms with Crippen molar-refractivity contribution < 1.29 is 19.0 Å². The fourth-order valence-corrected chi connectivity index (χ4v) is 2.39. The van der Waals surface area contributed by atoms with Gasteiger partial charge in [0.25, 0.3) is 0 Å². The standard InChI is InChI=1S/C18H19NO4/c20-18(22-13-17-4-1-2-11-21-17)14-6-8-15(9-7-14)23-16-5-3-10-19-12-16/h3,5-10,12,17H,1-2,4,11,13H2. The fourth-order valence-electron chi connectivity index (χ4n) is 2.39. The number of pyridine rings is 1. The molecule has 1 aliphatic heterocycles. The third-order valence-corrected chi connectivity index (χ3v) is 3.63. The van der Waals surface area contributed by atoms with Gasteiger partial charge in [0.1, 0.15) is 18.1 Å². The van der Waals surface area contributed by atoms with Crippen molar-refractivity contribution in [2.75, 3.05) is 13.2 Å². The average molecular weight is 313 g/mol. The Morgan fingerprint density at radius 1 is 1.17 bits per heavy atom. The van der Waals surface area contributed by atoms with Crippen molar-refractivity contribution in [3.05, 3.63) is 54.4 Å². The summed E-state index contributed by atoms with van der Waals surface area (Å²) in [5.74, 6) is 0.953. The molecule has 0 amide bonds. The molecule has 23 heavy (non-hydrogen) atoms. The minimum atomic E-state index is -0.341. The van der Waals surface area contributed by atoms with Crippen LogP contribution >= 0.6 is 0 Å². The predicted octanol–water partition coefficient (Wildman–Crippen LogP) is 3.60. The maximum absolute atomic E-state index is 12.0. The second kappa shape index (κ2) is 7.74. The maximum Gasteiger partial charge on any atom is 0.338 e. The van der Waals surface area contributed by atoms with Crippen LogP contribution in [0, 0.1) is 0 Å². The van der Waals surface area contributed by atoms with Crippen LogP contribution in [0.2, 0.25) is 0 Å². The van der Waals surface area contributed by atoms with E-state index in [1.807, 2.05) is 6.07 Å². The van der Waals surface area contributed by atoms with Gasteiger partial charge in [0.15, 0.2) is 0 Å². The summed E-state index contributed by atoms with van der Waals surface area (Å²) < 4.78 is 16.5. The minimum absolute atomic E-state index is 0.0286. The molecule has 0 N–H and O–H groups in total. The highest BCUT2D eigenvalue weighted by Crippen LogP contribution is 2.21. The van der Waals surface area contributed by atoms with Crippen LogP contribution in [0.3, 0.4) is 0 Å². The second-order valence-electron chi connectivity index (χ2n) is 5.40. The van der Waals surface area contributed by atoms with E-state index in [2.05, 4.69) is 4.98 Å². The molecule has 1 fully saturated rings. The third kappa shape index (κ3) is 4.53. The van der Waals surface area contributed by atoms with Gasteiger partial charge in [-0.15, -0.1) is 0 Å². The molecule has 0 radical (unpaired) electrons. The van der Waals surface area contributed by atoms with Crippen molar-refractivity contribution in [1.82, 2.24) is 4.98 Å². The molecule has 2 aromatic rings. The first kappa shape index (κ1) is 15.5. The number of rotatable bonds is 5. The van der Waals surface area contributed by atoms with E-state index in [9.17, 15) is 4.79 Å². The molecule has 0 saturated carbocycles. The van der Waals surface area contributed by atoms with E-state index in [1.54, 1.807) is 42.7 Å². The van der Waals surface area contributed by atoms with Crippen LogP contribution in [0.1, 0.15) is 29.6 Å². The largest absolute Gasteiger partial charge is 0.459 e. The Hall–Kier alpha value is -2.40. The molecule has 1 atom stereocenters. The van der Waals surface area contributed by atoms with Crippen molar-refractivity contribution in [3.8, 4) is 11.5 Å².